The highest BCUT2D eigenvalue weighted by atomic mass is 16.5. The number of rotatable bonds is 8. The summed E-state index contributed by atoms with van der Waals surface area (Å²) >= 11 is 0. The van der Waals surface area contributed by atoms with Crippen molar-refractivity contribution in [3.63, 3.8) is 0 Å². The van der Waals surface area contributed by atoms with Crippen LogP contribution in [0.4, 0.5) is 5.69 Å². The number of hydrogen-bond donors (Lipinski definition) is 1. The normalized spacial score (nSPS) is 10.6. The van der Waals surface area contributed by atoms with E-state index in [0.29, 0.717) is 51.0 Å². The Labute approximate surface area is 202 Å². The molecule has 8 nitrogen and oxygen atoms in total. The molecule has 35 heavy (non-hydrogen) atoms. The van der Waals surface area contributed by atoms with Crippen molar-refractivity contribution in [2.75, 3.05) is 33.3 Å². The molecule has 1 N–H and O–H groups in total. The van der Waals surface area contributed by atoms with E-state index in [9.17, 15) is 9.59 Å². The zero-order chi connectivity index (χ0) is 24.9. The van der Waals surface area contributed by atoms with E-state index < -0.39 is 0 Å². The molecule has 0 atom stereocenters. The number of carbonyl (C=O) groups excluding carboxylic acids is 1. The summed E-state index contributed by atoms with van der Waals surface area (Å²) in [5.74, 6) is 2.29. The molecule has 1 aromatic heterocycles. The Morgan fingerprint density at radius 1 is 0.857 bits per heavy atom. The minimum absolute atomic E-state index is 0.147. The van der Waals surface area contributed by atoms with E-state index in [-0.39, 0.29) is 17.9 Å². The Morgan fingerprint density at radius 3 is 2.26 bits per heavy atom. The summed E-state index contributed by atoms with van der Waals surface area (Å²) in [6, 6.07) is 17.2. The summed E-state index contributed by atoms with van der Waals surface area (Å²) in [7, 11) is 4.65. The van der Waals surface area contributed by atoms with E-state index in [1.54, 1.807) is 62.6 Å². The minimum atomic E-state index is -0.357. The van der Waals surface area contributed by atoms with Crippen molar-refractivity contribution in [2.24, 2.45) is 0 Å². The van der Waals surface area contributed by atoms with E-state index in [4.69, 9.17) is 23.4 Å². The summed E-state index contributed by atoms with van der Waals surface area (Å²) in [5.41, 5.74) is 2.01. The molecule has 4 rings (SSSR count). The first-order valence-electron chi connectivity index (χ1n) is 10.8. The van der Waals surface area contributed by atoms with Gasteiger partial charge in [-0.3, -0.25) is 9.59 Å². The first kappa shape index (κ1) is 23.7. The van der Waals surface area contributed by atoms with Crippen molar-refractivity contribution in [3.8, 4) is 34.1 Å². The Hall–Kier alpha value is -4.46. The van der Waals surface area contributed by atoms with Crippen LogP contribution in [-0.2, 0) is 4.79 Å². The van der Waals surface area contributed by atoms with Gasteiger partial charge in [0.25, 0.3) is 5.91 Å². The molecule has 0 aliphatic rings. The second kappa shape index (κ2) is 10.2. The predicted octanol–water partition coefficient (Wildman–Crippen LogP) is 4.81. The fourth-order valence-corrected chi connectivity index (χ4v) is 3.73. The summed E-state index contributed by atoms with van der Waals surface area (Å²) < 4.78 is 27.2. The van der Waals surface area contributed by atoms with Crippen LogP contribution in [0.25, 0.3) is 22.1 Å². The van der Waals surface area contributed by atoms with Crippen LogP contribution >= 0.6 is 0 Å². The standard InChI is InChI=1S/C27H25NO7/c1-16-26(17-5-8-19(31-2)9-6-17)27(30)21-11-10-20(14-23(21)35-16)34-15-25(29)28-18-7-12-22(32-3)24(13-18)33-4/h5-14H,15H2,1-4H3,(H,28,29). The van der Waals surface area contributed by atoms with E-state index in [2.05, 4.69) is 5.32 Å². The zero-order valence-electron chi connectivity index (χ0n) is 19.8. The molecule has 0 saturated heterocycles. The number of carbonyl (C=O) groups is 1. The molecule has 0 bridgehead atoms. The molecule has 0 aliphatic carbocycles. The maximum absolute atomic E-state index is 13.2. The molecule has 0 saturated carbocycles. The van der Waals surface area contributed by atoms with Crippen LogP contribution in [0.1, 0.15) is 5.76 Å². The smallest absolute Gasteiger partial charge is 0.262 e. The van der Waals surface area contributed by atoms with Crippen molar-refractivity contribution in [1.82, 2.24) is 0 Å². The molecule has 0 fully saturated rings. The highest BCUT2D eigenvalue weighted by Gasteiger charge is 2.15. The Bertz CT molecular complexity index is 1420. The number of amides is 1. The third-order valence-electron chi connectivity index (χ3n) is 5.46. The van der Waals surface area contributed by atoms with Gasteiger partial charge < -0.3 is 28.7 Å². The predicted molar refractivity (Wildman–Crippen MR) is 133 cm³/mol. The number of benzene rings is 3. The maximum Gasteiger partial charge on any atom is 0.262 e. The van der Waals surface area contributed by atoms with Gasteiger partial charge in [0, 0.05) is 17.8 Å². The second-order valence-corrected chi connectivity index (χ2v) is 7.66. The molecule has 180 valence electrons. The zero-order valence-corrected chi connectivity index (χ0v) is 19.8. The molecule has 0 aliphatic heterocycles. The van der Waals surface area contributed by atoms with Crippen molar-refractivity contribution < 1.29 is 28.2 Å². The number of methoxy groups -OCH3 is 3. The molecule has 0 spiro atoms. The van der Waals surface area contributed by atoms with Crippen molar-refractivity contribution >= 4 is 22.6 Å². The Morgan fingerprint density at radius 2 is 1.57 bits per heavy atom. The van der Waals surface area contributed by atoms with Crippen LogP contribution in [-0.4, -0.2) is 33.8 Å². The van der Waals surface area contributed by atoms with E-state index in [0.717, 1.165) is 5.56 Å². The van der Waals surface area contributed by atoms with Crippen LogP contribution in [0, 0.1) is 6.92 Å². The van der Waals surface area contributed by atoms with Gasteiger partial charge in [-0.05, 0) is 48.9 Å². The minimum Gasteiger partial charge on any atom is -0.497 e. The molecule has 0 radical (unpaired) electrons. The molecule has 8 heteroatoms. The summed E-state index contributed by atoms with van der Waals surface area (Å²) in [4.78, 5) is 25.5. The lowest BCUT2D eigenvalue weighted by molar-refractivity contribution is -0.118. The van der Waals surface area contributed by atoms with Crippen LogP contribution in [0.3, 0.4) is 0 Å². The highest BCUT2D eigenvalue weighted by Crippen LogP contribution is 2.30. The highest BCUT2D eigenvalue weighted by molar-refractivity contribution is 5.92. The number of anilines is 1. The average molecular weight is 475 g/mol. The molecule has 1 amide bonds. The molecular formula is C27H25NO7. The maximum atomic E-state index is 13.2. The van der Waals surface area contributed by atoms with Gasteiger partial charge in [-0.25, -0.2) is 0 Å². The van der Waals surface area contributed by atoms with Gasteiger partial charge in [-0.2, -0.15) is 0 Å². The van der Waals surface area contributed by atoms with Gasteiger partial charge in [-0.1, -0.05) is 12.1 Å². The van der Waals surface area contributed by atoms with Crippen molar-refractivity contribution in [3.05, 3.63) is 76.6 Å². The quantitative estimate of drug-likeness (QED) is 0.391. The monoisotopic (exact) mass is 475 g/mol. The lowest BCUT2D eigenvalue weighted by atomic mass is 10.0. The SMILES string of the molecule is COc1ccc(-c2c(C)oc3cc(OCC(=O)Nc4ccc(OC)c(OC)c4)ccc3c2=O)cc1. The molecule has 1 heterocycles. The average Bonchev–Trinajstić information content (AvgIpc) is 2.87. The summed E-state index contributed by atoms with van der Waals surface area (Å²) in [5, 5.41) is 3.17. The van der Waals surface area contributed by atoms with E-state index in [1.165, 1.54) is 14.2 Å². The van der Waals surface area contributed by atoms with Gasteiger partial charge in [-0.15, -0.1) is 0 Å². The molecule has 3 aromatic carbocycles. The van der Waals surface area contributed by atoms with Gasteiger partial charge in [0.2, 0.25) is 5.43 Å². The lowest BCUT2D eigenvalue weighted by Gasteiger charge is -2.12. The molecular weight excluding hydrogens is 450 g/mol. The largest absolute Gasteiger partial charge is 0.497 e. The number of aryl methyl sites for hydroxylation is 1. The van der Waals surface area contributed by atoms with Gasteiger partial charge in [0.1, 0.15) is 22.8 Å². The first-order valence-corrected chi connectivity index (χ1v) is 10.8. The fraction of sp³-hybridized carbons (Fsp3) is 0.185. The van der Waals surface area contributed by atoms with Crippen LogP contribution in [0.2, 0.25) is 0 Å². The van der Waals surface area contributed by atoms with E-state index in [1.807, 2.05) is 12.1 Å². The number of nitrogens with one attached hydrogen (secondary N) is 1. The van der Waals surface area contributed by atoms with Crippen LogP contribution < -0.4 is 29.7 Å². The summed E-state index contributed by atoms with van der Waals surface area (Å²) in [6.07, 6.45) is 0. The molecule has 0 unspecified atom stereocenters. The number of fused-ring (bicyclic) bond motifs is 1. The number of hydrogen-bond acceptors (Lipinski definition) is 7. The summed E-state index contributed by atoms with van der Waals surface area (Å²) in [6.45, 7) is 1.51. The fourth-order valence-electron chi connectivity index (χ4n) is 3.73. The Balaban J connectivity index is 1.50. The Kier molecular flexibility index (Phi) is 6.91. The van der Waals surface area contributed by atoms with Crippen molar-refractivity contribution in [1.29, 1.82) is 0 Å². The third-order valence-corrected chi connectivity index (χ3v) is 5.46. The number of ether oxygens (including phenoxy) is 4. The van der Waals surface area contributed by atoms with Crippen LogP contribution in [0.15, 0.2) is 69.9 Å². The lowest BCUT2D eigenvalue weighted by Crippen LogP contribution is -2.20. The van der Waals surface area contributed by atoms with Gasteiger partial charge in [0.05, 0.1) is 32.3 Å². The van der Waals surface area contributed by atoms with Gasteiger partial charge in [0.15, 0.2) is 18.1 Å². The second-order valence-electron chi connectivity index (χ2n) is 7.66. The van der Waals surface area contributed by atoms with E-state index >= 15 is 0 Å². The molecule has 4 aromatic rings. The van der Waals surface area contributed by atoms with Gasteiger partial charge >= 0.3 is 0 Å². The van der Waals surface area contributed by atoms with Crippen LogP contribution in [0.5, 0.6) is 23.0 Å². The third kappa shape index (κ3) is 5.06. The topological polar surface area (TPSA) is 96.2 Å². The first-order chi connectivity index (χ1) is 16.9. The van der Waals surface area contributed by atoms with Crippen molar-refractivity contribution in [2.45, 2.75) is 6.92 Å².